The first-order chi connectivity index (χ1) is 15.4. The van der Waals surface area contributed by atoms with Crippen LogP contribution in [0.5, 0.6) is 0 Å². The summed E-state index contributed by atoms with van der Waals surface area (Å²) in [4.78, 5) is 36.8. The molecule has 2 N–H and O–H groups in total. The number of aryl methyl sites for hydroxylation is 1. The summed E-state index contributed by atoms with van der Waals surface area (Å²) < 4.78 is 0. The summed E-state index contributed by atoms with van der Waals surface area (Å²) in [6, 6.07) is 11.8. The van der Waals surface area contributed by atoms with Gasteiger partial charge in [0.25, 0.3) is 5.91 Å². The largest absolute Gasteiger partial charge is 1.00 e. The second-order valence-electron chi connectivity index (χ2n) is 7.70. The van der Waals surface area contributed by atoms with Crippen LogP contribution in [0.25, 0.3) is 11.1 Å². The number of carbonyl (C=O) groups excluding carboxylic acids is 3. The van der Waals surface area contributed by atoms with E-state index in [4.69, 9.17) is 0 Å². The Kier molecular flexibility index (Phi) is 13.0. The first-order valence-corrected chi connectivity index (χ1v) is 12.2. The molecule has 33 heavy (non-hydrogen) atoms. The Labute approximate surface area is 212 Å². The number of benzene rings is 2. The number of rotatable bonds is 12. The van der Waals surface area contributed by atoms with Gasteiger partial charge < -0.3 is 20.5 Å². The summed E-state index contributed by atoms with van der Waals surface area (Å²) in [6.07, 6.45) is 4.30. The Balaban J connectivity index is 0.00000544. The zero-order chi connectivity index (χ0) is 23.5. The summed E-state index contributed by atoms with van der Waals surface area (Å²) in [5, 5.41) is 17.0. The van der Waals surface area contributed by atoms with Gasteiger partial charge in [-0.3, -0.25) is 9.59 Å². The number of hydrogen-bond donors (Lipinski definition) is 2. The maximum absolute atomic E-state index is 13.0. The van der Waals surface area contributed by atoms with E-state index in [1.165, 1.54) is 11.8 Å². The van der Waals surface area contributed by atoms with Crippen LogP contribution in [0, 0.1) is 6.92 Å². The van der Waals surface area contributed by atoms with E-state index in [2.05, 4.69) is 17.6 Å². The Hall–Kier alpha value is -2.20. The molecule has 1 atom stereocenters. The molecular weight excluding hydrogens is 431 g/mol. The molecule has 0 fully saturated rings. The van der Waals surface area contributed by atoms with Gasteiger partial charge in [-0.15, -0.1) is 0 Å². The number of unbranched alkanes of at least 4 members (excludes halogenated alkanes) is 1. The Morgan fingerprint density at radius 1 is 1.09 bits per heavy atom. The molecule has 0 aliphatic heterocycles. The van der Waals surface area contributed by atoms with Gasteiger partial charge in [0.15, 0.2) is 0 Å². The number of nitrogens with one attached hydrogen (secondary N) is 2. The Morgan fingerprint density at radius 2 is 1.82 bits per heavy atom. The molecule has 0 radical (unpaired) electrons. The smallest absolute Gasteiger partial charge is 0.548 e. The van der Waals surface area contributed by atoms with Gasteiger partial charge in [-0.2, -0.15) is 11.8 Å². The van der Waals surface area contributed by atoms with Crippen LogP contribution in [-0.2, 0) is 16.0 Å². The van der Waals surface area contributed by atoms with Gasteiger partial charge in [0.2, 0.25) is 5.91 Å². The van der Waals surface area contributed by atoms with E-state index in [-0.39, 0.29) is 37.6 Å². The van der Waals surface area contributed by atoms with Crippen molar-refractivity contribution in [3.05, 3.63) is 59.2 Å². The average molecular weight is 463 g/mol. The van der Waals surface area contributed by atoms with Crippen molar-refractivity contribution in [2.75, 3.05) is 18.6 Å². The second kappa shape index (κ2) is 14.8. The minimum Gasteiger partial charge on any atom is -0.548 e. The van der Waals surface area contributed by atoms with Gasteiger partial charge in [0.1, 0.15) is 0 Å². The summed E-state index contributed by atoms with van der Waals surface area (Å²) >= 11 is 1.51. The topological polar surface area (TPSA) is 98.3 Å². The van der Waals surface area contributed by atoms with E-state index in [1.54, 1.807) is 12.1 Å². The third-order valence-electron chi connectivity index (χ3n) is 5.18. The molecule has 2 amide bonds. The fourth-order valence-electron chi connectivity index (χ4n) is 3.37. The average Bonchev–Trinajstić information content (AvgIpc) is 2.76. The third kappa shape index (κ3) is 8.92. The predicted octanol–water partition coefficient (Wildman–Crippen LogP) is -0.274. The number of carboxylic acid groups (broad SMARTS) is 1. The molecule has 172 valence electrons. The molecule has 8 heteroatoms. The monoisotopic (exact) mass is 462 g/mol. The van der Waals surface area contributed by atoms with Crippen LogP contribution in [0.1, 0.15) is 47.7 Å². The number of aliphatic carboxylic acids is 1. The molecule has 0 spiro atoms. The number of carboxylic acids is 1. The molecule has 2 aromatic rings. The zero-order valence-electron chi connectivity index (χ0n) is 19.9. The molecule has 0 aromatic heterocycles. The predicted molar refractivity (Wildman–Crippen MR) is 127 cm³/mol. The summed E-state index contributed by atoms with van der Waals surface area (Å²) in [5.74, 6) is -1.25. The van der Waals surface area contributed by atoms with E-state index in [1.807, 2.05) is 43.5 Å². The summed E-state index contributed by atoms with van der Waals surface area (Å²) in [5.41, 5.74) is 3.66. The van der Waals surface area contributed by atoms with Gasteiger partial charge in [-0.1, -0.05) is 43.7 Å². The van der Waals surface area contributed by atoms with Gasteiger partial charge in [0, 0.05) is 12.1 Å². The molecule has 0 aliphatic rings. The van der Waals surface area contributed by atoms with Crippen molar-refractivity contribution in [1.29, 1.82) is 0 Å². The maximum atomic E-state index is 13.0. The van der Waals surface area contributed by atoms with Gasteiger partial charge in [-0.05, 0) is 66.2 Å². The number of thioether (sulfide) groups is 1. The van der Waals surface area contributed by atoms with Gasteiger partial charge >= 0.3 is 18.9 Å². The fourth-order valence-corrected chi connectivity index (χ4v) is 3.84. The SMILES string of the molecule is CCCCNC(=O)Cc1ccc(C(=O)NC(CCSC)C(=O)[O-])c(-c2ccccc2C)c1.[Li+]. The molecular formula is C25H31LiN2O4S. The molecule has 0 aliphatic carbocycles. The van der Waals surface area contributed by atoms with Crippen molar-refractivity contribution < 1.29 is 38.4 Å². The van der Waals surface area contributed by atoms with Crippen LogP contribution in [0.15, 0.2) is 42.5 Å². The first kappa shape index (κ1) is 28.8. The summed E-state index contributed by atoms with van der Waals surface area (Å²) in [7, 11) is 0. The fraction of sp³-hybridized carbons (Fsp3) is 0.400. The quantitative estimate of drug-likeness (QED) is 0.334. The van der Waals surface area contributed by atoms with Crippen LogP contribution in [0.4, 0.5) is 0 Å². The Morgan fingerprint density at radius 3 is 2.45 bits per heavy atom. The van der Waals surface area contributed by atoms with Gasteiger partial charge in [-0.25, -0.2) is 0 Å². The van der Waals surface area contributed by atoms with Crippen LogP contribution in [0.2, 0.25) is 0 Å². The molecule has 0 heterocycles. The van der Waals surface area contributed by atoms with Crippen LogP contribution < -0.4 is 34.6 Å². The molecule has 6 nitrogen and oxygen atoms in total. The van der Waals surface area contributed by atoms with E-state index < -0.39 is 17.9 Å². The minimum atomic E-state index is -1.30. The van der Waals surface area contributed by atoms with Crippen molar-refractivity contribution in [2.45, 2.75) is 45.6 Å². The summed E-state index contributed by atoms with van der Waals surface area (Å²) in [6.45, 7) is 4.65. The number of hydrogen-bond acceptors (Lipinski definition) is 5. The minimum absolute atomic E-state index is 0. The van der Waals surface area contributed by atoms with Crippen molar-refractivity contribution >= 4 is 29.5 Å². The maximum Gasteiger partial charge on any atom is 1.00 e. The van der Waals surface area contributed by atoms with Crippen LogP contribution in [0.3, 0.4) is 0 Å². The molecule has 0 saturated heterocycles. The molecule has 2 rings (SSSR count). The molecule has 0 saturated carbocycles. The molecule has 0 bridgehead atoms. The van der Waals surface area contributed by atoms with Gasteiger partial charge in [0.05, 0.1) is 18.4 Å². The molecule has 1 unspecified atom stereocenters. The van der Waals surface area contributed by atoms with E-state index in [0.29, 0.717) is 23.4 Å². The third-order valence-corrected chi connectivity index (χ3v) is 5.83. The van der Waals surface area contributed by atoms with E-state index in [9.17, 15) is 19.5 Å². The van der Waals surface area contributed by atoms with Crippen molar-refractivity contribution in [3.63, 3.8) is 0 Å². The van der Waals surface area contributed by atoms with Crippen molar-refractivity contribution in [3.8, 4) is 11.1 Å². The van der Waals surface area contributed by atoms with E-state index in [0.717, 1.165) is 29.5 Å². The van der Waals surface area contributed by atoms with Crippen molar-refractivity contribution in [1.82, 2.24) is 10.6 Å². The van der Waals surface area contributed by atoms with Crippen molar-refractivity contribution in [2.24, 2.45) is 0 Å². The number of carbonyl (C=O) groups is 3. The standard InChI is InChI=1S/C25H32N2O4S.Li/c1-4-5-13-26-23(28)16-18-10-11-20(21(15-18)19-9-7-6-8-17(19)2)24(29)27-22(25(30)31)12-14-32-3;/h6-11,15,22H,4-5,12-14,16H2,1-3H3,(H,26,28)(H,27,29)(H,30,31);/q;+1/p-1. The first-order valence-electron chi connectivity index (χ1n) is 10.8. The zero-order valence-corrected chi connectivity index (χ0v) is 20.7. The second-order valence-corrected chi connectivity index (χ2v) is 8.69. The normalized spacial score (nSPS) is 11.2. The van der Waals surface area contributed by atoms with E-state index >= 15 is 0 Å². The number of amides is 2. The van der Waals surface area contributed by atoms with Crippen LogP contribution in [-0.4, -0.2) is 42.4 Å². The van der Waals surface area contributed by atoms with Crippen LogP contribution >= 0.6 is 11.8 Å². The molecule has 2 aromatic carbocycles. The Bertz CT molecular complexity index is 952.